The van der Waals surface area contributed by atoms with Gasteiger partial charge in [0.25, 0.3) is 0 Å². The molecule has 0 saturated carbocycles. The molecule has 0 bridgehead atoms. The van der Waals surface area contributed by atoms with Gasteiger partial charge in [0.05, 0.1) is 29.4 Å². The maximum Gasteiger partial charge on any atom is 0.494 e. The van der Waals surface area contributed by atoms with Crippen molar-refractivity contribution in [3.63, 3.8) is 0 Å². The molecule has 0 atom stereocenters. The molecular formula is C35H31BN2O3. The van der Waals surface area contributed by atoms with Crippen LogP contribution in [0.1, 0.15) is 52.7 Å². The average Bonchev–Trinajstić information content (AvgIpc) is 3.18. The topological polar surface area (TPSA) is 55.8 Å². The van der Waals surface area contributed by atoms with E-state index in [1.807, 2.05) is 68.4 Å². The summed E-state index contributed by atoms with van der Waals surface area (Å²) < 4.78 is 19.4. The number of benzene rings is 4. The Balaban J connectivity index is 1.59. The molecule has 41 heavy (non-hydrogen) atoms. The minimum absolute atomic E-state index is 0.463. The number of ether oxygens (including phenoxy) is 1. The second kappa shape index (κ2) is 9.35. The van der Waals surface area contributed by atoms with Crippen molar-refractivity contribution in [2.45, 2.75) is 58.3 Å². The summed E-state index contributed by atoms with van der Waals surface area (Å²) in [6.45, 7) is 19.7. The number of nitriles is 1. The highest BCUT2D eigenvalue weighted by Crippen LogP contribution is 2.50. The quantitative estimate of drug-likeness (QED) is 0.196. The van der Waals surface area contributed by atoms with Gasteiger partial charge in [0.15, 0.2) is 5.69 Å². The summed E-state index contributed by atoms with van der Waals surface area (Å²) in [6.07, 6.45) is 0. The Bertz CT molecular complexity index is 1760. The van der Waals surface area contributed by atoms with E-state index < -0.39 is 23.9 Å². The van der Waals surface area contributed by atoms with Crippen LogP contribution in [0.2, 0.25) is 0 Å². The standard InChI is InChI=1S/C35H31BN2O3/c1-33(2)30-19-22(21-37)11-17-28(30)32-27(9-8-10-31(32)39-33)29-20-24(36-40-34(3,4)35(5,6)41-36)14-18-26(29)23-12-15-25(38-7)16-13-23/h8-20H,1-6H3. The van der Waals surface area contributed by atoms with E-state index in [-0.39, 0.29) is 0 Å². The van der Waals surface area contributed by atoms with Crippen LogP contribution in [-0.4, -0.2) is 18.3 Å². The van der Waals surface area contributed by atoms with Crippen LogP contribution in [0.25, 0.3) is 38.2 Å². The zero-order chi connectivity index (χ0) is 29.2. The predicted molar refractivity (Wildman–Crippen MR) is 163 cm³/mol. The maximum absolute atomic E-state index is 9.61. The van der Waals surface area contributed by atoms with Gasteiger partial charge in [0.2, 0.25) is 0 Å². The fourth-order valence-electron chi connectivity index (χ4n) is 5.66. The number of nitrogens with zero attached hydrogens (tertiary/aromatic N) is 2. The lowest BCUT2D eigenvalue weighted by Crippen LogP contribution is -2.41. The minimum atomic E-state index is -0.600. The van der Waals surface area contributed by atoms with Gasteiger partial charge in [-0.2, -0.15) is 5.26 Å². The third kappa shape index (κ3) is 4.41. The van der Waals surface area contributed by atoms with E-state index in [9.17, 15) is 5.26 Å². The van der Waals surface area contributed by atoms with Gasteiger partial charge in [-0.1, -0.05) is 60.7 Å². The minimum Gasteiger partial charge on any atom is -0.482 e. The Kier molecular flexibility index (Phi) is 6.12. The van der Waals surface area contributed by atoms with Gasteiger partial charge in [-0.15, -0.1) is 0 Å². The molecule has 202 valence electrons. The van der Waals surface area contributed by atoms with Crippen molar-refractivity contribution >= 4 is 18.3 Å². The normalized spacial score (nSPS) is 17.5. The van der Waals surface area contributed by atoms with E-state index in [4.69, 9.17) is 20.6 Å². The van der Waals surface area contributed by atoms with Crippen LogP contribution in [0.15, 0.2) is 78.9 Å². The molecule has 0 aliphatic carbocycles. The fraction of sp³-hybridized carbons (Fsp3) is 0.257. The second-order valence-corrected chi connectivity index (χ2v) is 12.2. The van der Waals surface area contributed by atoms with Gasteiger partial charge < -0.3 is 14.0 Å². The van der Waals surface area contributed by atoms with Gasteiger partial charge in [0.1, 0.15) is 11.4 Å². The molecule has 2 heterocycles. The van der Waals surface area contributed by atoms with Crippen molar-refractivity contribution in [1.82, 2.24) is 0 Å². The van der Waals surface area contributed by atoms with Crippen molar-refractivity contribution in [3.05, 3.63) is 101 Å². The zero-order valence-electron chi connectivity index (χ0n) is 24.2. The summed E-state index contributed by atoms with van der Waals surface area (Å²) >= 11 is 0. The molecule has 6 heteroatoms. The van der Waals surface area contributed by atoms with Crippen LogP contribution < -0.4 is 10.2 Å². The fourth-order valence-corrected chi connectivity index (χ4v) is 5.66. The summed E-state index contributed by atoms with van der Waals surface area (Å²) in [5, 5.41) is 9.61. The maximum atomic E-state index is 9.61. The smallest absolute Gasteiger partial charge is 0.482 e. The second-order valence-electron chi connectivity index (χ2n) is 12.2. The van der Waals surface area contributed by atoms with Crippen molar-refractivity contribution < 1.29 is 14.0 Å². The first-order chi connectivity index (χ1) is 19.4. The molecule has 5 nitrogen and oxygen atoms in total. The third-order valence-electron chi connectivity index (χ3n) is 8.62. The number of hydrogen-bond acceptors (Lipinski definition) is 4. The van der Waals surface area contributed by atoms with Crippen LogP contribution in [0, 0.1) is 17.9 Å². The van der Waals surface area contributed by atoms with Crippen molar-refractivity contribution in [3.8, 4) is 45.2 Å². The Labute approximate surface area is 242 Å². The van der Waals surface area contributed by atoms with Gasteiger partial charge in [0, 0.05) is 11.1 Å². The predicted octanol–water partition coefficient (Wildman–Crippen LogP) is 8.04. The molecule has 0 radical (unpaired) electrons. The highest BCUT2D eigenvalue weighted by molar-refractivity contribution is 6.62. The van der Waals surface area contributed by atoms with Crippen LogP contribution in [0.4, 0.5) is 5.69 Å². The summed E-state index contributed by atoms with van der Waals surface area (Å²) in [5.74, 6) is 0.792. The first-order valence-electron chi connectivity index (χ1n) is 13.8. The first-order valence-corrected chi connectivity index (χ1v) is 13.8. The van der Waals surface area contributed by atoms with Gasteiger partial charge >= 0.3 is 7.12 Å². The lowest BCUT2D eigenvalue weighted by atomic mass is 9.75. The molecule has 0 aromatic heterocycles. The molecule has 2 aliphatic rings. The Morgan fingerprint density at radius 1 is 0.756 bits per heavy atom. The third-order valence-corrected chi connectivity index (χ3v) is 8.62. The highest BCUT2D eigenvalue weighted by atomic mass is 16.7. The first kappa shape index (κ1) is 26.8. The van der Waals surface area contributed by atoms with Crippen LogP contribution >= 0.6 is 0 Å². The Hall–Kier alpha value is -4.36. The number of rotatable bonds is 3. The molecule has 2 aliphatic heterocycles. The van der Waals surface area contributed by atoms with E-state index >= 15 is 0 Å². The molecule has 0 N–H and O–H groups in total. The lowest BCUT2D eigenvalue weighted by Gasteiger charge is -2.36. The van der Waals surface area contributed by atoms with Crippen molar-refractivity contribution in [1.29, 1.82) is 5.26 Å². The van der Waals surface area contributed by atoms with E-state index in [0.29, 0.717) is 11.3 Å². The molecule has 0 unspecified atom stereocenters. The van der Waals surface area contributed by atoms with Gasteiger partial charge in [-0.25, -0.2) is 4.85 Å². The van der Waals surface area contributed by atoms with Crippen LogP contribution in [-0.2, 0) is 14.9 Å². The molecular weight excluding hydrogens is 507 g/mol. The summed E-state index contributed by atoms with van der Waals surface area (Å²) in [4.78, 5) is 3.57. The number of hydrogen-bond donors (Lipinski definition) is 0. The van der Waals surface area contributed by atoms with E-state index in [2.05, 4.69) is 62.9 Å². The Morgan fingerprint density at radius 3 is 2.10 bits per heavy atom. The van der Waals surface area contributed by atoms with Crippen molar-refractivity contribution in [2.75, 3.05) is 0 Å². The summed E-state index contributed by atoms with van der Waals surface area (Å²) in [5.41, 5.74) is 7.63. The van der Waals surface area contributed by atoms with Crippen molar-refractivity contribution in [2.24, 2.45) is 0 Å². The SMILES string of the molecule is [C-]#[N+]c1ccc(-c2ccc(B3OC(C)(C)C(C)(C)O3)cc2-c2cccc3c2-c2ccc(C#N)cc2C(C)(C)O3)cc1. The van der Waals surface area contributed by atoms with Crippen LogP contribution in [0.5, 0.6) is 5.75 Å². The molecule has 0 amide bonds. The molecule has 1 fully saturated rings. The van der Waals surface area contributed by atoms with E-state index in [1.165, 1.54) is 0 Å². The molecule has 4 aromatic rings. The number of fused-ring (bicyclic) bond motifs is 3. The lowest BCUT2D eigenvalue weighted by molar-refractivity contribution is 0.00578. The largest absolute Gasteiger partial charge is 0.494 e. The molecule has 1 saturated heterocycles. The summed E-state index contributed by atoms with van der Waals surface area (Å²) in [7, 11) is -0.516. The molecule has 4 aromatic carbocycles. The van der Waals surface area contributed by atoms with E-state index in [1.54, 1.807) is 0 Å². The van der Waals surface area contributed by atoms with E-state index in [0.717, 1.165) is 50.2 Å². The average molecular weight is 538 g/mol. The monoisotopic (exact) mass is 538 g/mol. The zero-order valence-corrected chi connectivity index (χ0v) is 24.2. The molecule has 6 rings (SSSR count). The van der Waals surface area contributed by atoms with Gasteiger partial charge in [-0.3, -0.25) is 0 Å². The van der Waals surface area contributed by atoms with Crippen LogP contribution in [0.3, 0.4) is 0 Å². The Morgan fingerprint density at radius 2 is 1.44 bits per heavy atom. The summed E-state index contributed by atoms with van der Waals surface area (Å²) in [6, 6.07) is 28.2. The molecule has 0 spiro atoms. The van der Waals surface area contributed by atoms with Gasteiger partial charge in [-0.05, 0) is 93.0 Å². The highest BCUT2D eigenvalue weighted by Gasteiger charge is 2.51.